The topological polar surface area (TPSA) is 62.7 Å². The normalized spacial score (nSPS) is 23.9. The zero-order chi connectivity index (χ0) is 12.4. The van der Waals surface area contributed by atoms with Gasteiger partial charge in [-0.3, -0.25) is 4.79 Å². The van der Waals surface area contributed by atoms with E-state index in [1.807, 2.05) is 17.3 Å². The van der Waals surface area contributed by atoms with Crippen molar-refractivity contribution in [2.45, 2.75) is 19.4 Å². The summed E-state index contributed by atoms with van der Waals surface area (Å²) in [6, 6.07) is -0.122. The summed E-state index contributed by atoms with van der Waals surface area (Å²) in [5.41, 5.74) is 1.04. The van der Waals surface area contributed by atoms with E-state index in [2.05, 4.69) is 11.9 Å². The highest BCUT2D eigenvalue weighted by Gasteiger charge is 2.37. The van der Waals surface area contributed by atoms with E-state index < -0.39 is 11.9 Å². The summed E-state index contributed by atoms with van der Waals surface area (Å²) in [7, 11) is 1.88. The van der Waals surface area contributed by atoms with Gasteiger partial charge < -0.3 is 14.7 Å². The van der Waals surface area contributed by atoms with Crippen LogP contribution < -0.4 is 4.90 Å². The number of ether oxygens (including phenoxy) is 1. The van der Waals surface area contributed by atoms with E-state index in [4.69, 9.17) is 9.84 Å². The highest BCUT2D eigenvalue weighted by atomic mass is 32.1. The summed E-state index contributed by atoms with van der Waals surface area (Å²) in [4.78, 5) is 17.5. The second-order valence-electron chi connectivity index (χ2n) is 4.14. The van der Waals surface area contributed by atoms with Crippen molar-refractivity contribution in [2.75, 3.05) is 25.2 Å². The molecule has 0 amide bonds. The molecule has 1 fully saturated rings. The first-order chi connectivity index (χ1) is 8.13. The number of hydrogen-bond acceptors (Lipinski definition) is 5. The largest absolute Gasteiger partial charge is 0.481 e. The Bertz CT molecular complexity index is 407. The van der Waals surface area contributed by atoms with Gasteiger partial charge in [0.2, 0.25) is 0 Å². The van der Waals surface area contributed by atoms with Crippen LogP contribution in [0.4, 0.5) is 5.13 Å². The van der Waals surface area contributed by atoms with Crippen molar-refractivity contribution in [3.63, 3.8) is 0 Å². The molecule has 1 aliphatic heterocycles. The molecule has 0 bridgehead atoms. The Morgan fingerprint density at radius 3 is 3.06 bits per heavy atom. The van der Waals surface area contributed by atoms with Crippen molar-refractivity contribution in [3.05, 3.63) is 11.1 Å². The molecule has 2 unspecified atom stereocenters. The van der Waals surface area contributed by atoms with Gasteiger partial charge in [-0.1, -0.05) is 6.92 Å². The van der Waals surface area contributed by atoms with E-state index in [1.54, 1.807) is 11.3 Å². The third-order valence-electron chi connectivity index (χ3n) is 3.07. The number of anilines is 1. The number of likely N-dealkylation sites (N-methyl/N-ethyl adjacent to an activating group) is 1. The van der Waals surface area contributed by atoms with Gasteiger partial charge in [-0.25, -0.2) is 4.98 Å². The molecule has 0 saturated carbocycles. The predicted molar refractivity (Wildman–Crippen MR) is 65.6 cm³/mol. The number of carboxylic acid groups (broad SMARTS) is 1. The number of aliphatic carboxylic acids is 1. The lowest BCUT2D eigenvalue weighted by Gasteiger charge is -2.25. The van der Waals surface area contributed by atoms with Gasteiger partial charge in [-0.2, -0.15) is 0 Å². The Hall–Kier alpha value is -1.14. The highest BCUT2D eigenvalue weighted by molar-refractivity contribution is 7.13. The Morgan fingerprint density at radius 1 is 1.71 bits per heavy atom. The fourth-order valence-electron chi connectivity index (χ4n) is 1.92. The Labute approximate surface area is 104 Å². The molecule has 1 saturated heterocycles. The zero-order valence-corrected chi connectivity index (χ0v) is 10.7. The van der Waals surface area contributed by atoms with Crippen LogP contribution in [0.3, 0.4) is 0 Å². The van der Waals surface area contributed by atoms with Gasteiger partial charge in [0, 0.05) is 12.4 Å². The van der Waals surface area contributed by atoms with Gasteiger partial charge in [0.1, 0.15) is 5.92 Å². The maximum absolute atomic E-state index is 11.1. The second kappa shape index (κ2) is 5.01. The van der Waals surface area contributed by atoms with Crippen LogP contribution in [0.1, 0.15) is 12.6 Å². The summed E-state index contributed by atoms with van der Waals surface area (Å²) in [5.74, 6) is -1.26. The van der Waals surface area contributed by atoms with Crippen LogP contribution in [-0.4, -0.2) is 42.4 Å². The van der Waals surface area contributed by atoms with E-state index in [9.17, 15) is 4.79 Å². The Morgan fingerprint density at radius 2 is 2.47 bits per heavy atom. The Balaban J connectivity index is 2.13. The van der Waals surface area contributed by atoms with Gasteiger partial charge in [0.05, 0.1) is 24.9 Å². The van der Waals surface area contributed by atoms with Crippen molar-refractivity contribution < 1.29 is 14.6 Å². The van der Waals surface area contributed by atoms with Gasteiger partial charge in [0.15, 0.2) is 5.13 Å². The average molecular weight is 256 g/mol. The zero-order valence-electron chi connectivity index (χ0n) is 9.92. The smallest absolute Gasteiger partial charge is 0.311 e. The molecule has 94 valence electrons. The first kappa shape index (κ1) is 12.3. The van der Waals surface area contributed by atoms with Gasteiger partial charge >= 0.3 is 5.97 Å². The monoisotopic (exact) mass is 256 g/mol. The summed E-state index contributed by atoms with van der Waals surface area (Å²) >= 11 is 1.55. The SMILES string of the molecule is CCc1csc(N(C)C2COCC2C(=O)O)n1. The summed E-state index contributed by atoms with van der Waals surface area (Å²) < 4.78 is 5.26. The lowest BCUT2D eigenvalue weighted by atomic mass is 10.0. The summed E-state index contributed by atoms with van der Waals surface area (Å²) in [6.07, 6.45) is 0.897. The molecule has 2 atom stereocenters. The van der Waals surface area contributed by atoms with Gasteiger partial charge in [-0.15, -0.1) is 11.3 Å². The van der Waals surface area contributed by atoms with Crippen molar-refractivity contribution in [1.29, 1.82) is 0 Å². The Kier molecular flexibility index (Phi) is 3.63. The van der Waals surface area contributed by atoms with Crippen molar-refractivity contribution in [2.24, 2.45) is 5.92 Å². The van der Waals surface area contributed by atoms with Crippen LogP contribution in [-0.2, 0) is 16.0 Å². The highest BCUT2D eigenvalue weighted by Crippen LogP contribution is 2.27. The molecular formula is C11H16N2O3S. The summed E-state index contributed by atoms with van der Waals surface area (Å²) in [5, 5.41) is 12.0. The third-order valence-corrected chi connectivity index (χ3v) is 4.05. The van der Waals surface area contributed by atoms with Crippen molar-refractivity contribution in [1.82, 2.24) is 4.98 Å². The molecule has 1 N–H and O–H groups in total. The molecular weight excluding hydrogens is 240 g/mol. The number of thiazole rings is 1. The average Bonchev–Trinajstić information content (AvgIpc) is 2.97. The van der Waals surface area contributed by atoms with E-state index >= 15 is 0 Å². The quantitative estimate of drug-likeness (QED) is 0.878. The molecule has 17 heavy (non-hydrogen) atoms. The molecule has 1 aromatic heterocycles. The summed E-state index contributed by atoms with van der Waals surface area (Å²) in [6.45, 7) is 2.79. The number of aryl methyl sites for hydroxylation is 1. The van der Waals surface area contributed by atoms with Crippen LogP contribution in [0, 0.1) is 5.92 Å². The standard InChI is InChI=1S/C11H16N2O3S/c1-3-7-6-17-11(12-7)13(2)9-5-16-4-8(9)10(14)15/h6,8-9H,3-5H2,1-2H3,(H,14,15). The minimum absolute atomic E-state index is 0.122. The number of nitrogens with zero attached hydrogens (tertiary/aromatic N) is 2. The number of hydrogen-bond donors (Lipinski definition) is 1. The van der Waals surface area contributed by atoms with E-state index in [0.29, 0.717) is 6.61 Å². The lowest BCUT2D eigenvalue weighted by molar-refractivity contribution is -0.141. The molecule has 2 rings (SSSR count). The first-order valence-electron chi connectivity index (χ1n) is 5.61. The van der Waals surface area contributed by atoms with Crippen LogP contribution >= 0.6 is 11.3 Å². The molecule has 0 aliphatic carbocycles. The number of carbonyl (C=O) groups is 1. The van der Waals surface area contributed by atoms with E-state index in [1.165, 1.54) is 0 Å². The lowest BCUT2D eigenvalue weighted by Crippen LogP contribution is -2.40. The number of aromatic nitrogens is 1. The van der Waals surface area contributed by atoms with Crippen LogP contribution in [0.15, 0.2) is 5.38 Å². The molecule has 1 aromatic rings. The van der Waals surface area contributed by atoms with Crippen LogP contribution in [0.5, 0.6) is 0 Å². The van der Waals surface area contributed by atoms with Gasteiger partial charge in [0.25, 0.3) is 0 Å². The molecule has 5 nitrogen and oxygen atoms in total. The molecule has 0 spiro atoms. The van der Waals surface area contributed by atoms with E-state index in [0.717, 1.165) is 17.2 Å². The molecule has 1 aliphatic rings. The van der Waals surface area contributed by atoms with Crippen LogP contribution in [0.2, 0.25) is 0 Å². The molecule has 2 heterocycles. The van der Waals surface area contributed by atoms with Crippen molar-refractivity contribution >= 4 is 22.4 Å². The maximum atomic E-state index is 11.1. The molecule has 0 radical (unpaired) electrons. The number of rotatable bonds is 4. The van der Waals surface area contributed by atoms with Crippen LogP contribution in [0.25, 0.3) is 0 Å². The third kappa shape index (κ3) is 2.42. The first-order valence-corrected chi connectivity index (χ1v) is 6.49. The predicted octanol–water partition coefficient (Wildman–Crippen LogP) is 1.24. The molecule has 6 heteroatoms. The fourth-order valence-corrected chi connectivity index (χ4v) is 2.86. The van der Waals surface area contributed by atoms with Crippen molar-refractivity contribution in [3.8, 4) is 0 Å². The fraction of sp³-hybridized carbons (Fsp3) is 0.636. The maximum Gasteiger partial charge on any atom is 0.311 e. The number of carboxylic acids is 1. The minimum atomic E-state index is -0.799. The minimum Gasteiger partial charge on any atom is -0.481 e. The van der Waals surface area contributed by atoms with E-state index in [-0.39, 0.29) is 12.6 Å². The molecule has 0 aromatic carbocycles. The van der Waals surface area contributed by atoms with Gasteiger partial charge in [-0.05, 0) is 6.42 Å². The second-order valence-corrected chi connectivity index (χ2v) is 4.97.